The molecule has 0 aliphatic rings. The lowest BCUT2D eigenvalue weighted by Crippen LogP contribution is -2.13. The normalized spacial score (nSPS) is 12.2. The molecular weight excluding hydrogens is 260 g/mol. The molecule has 102 valence electrons. The topological polar surface area (TPSA) is 20.2 Å². The van der Waals surface area contributed by atoms with Crippen molar-refractivity contribution in [1.29, 1.82) is 0 Å². The average Bonchev–Trinajstić information content (AvgIpc) is 2.31. The molecule has 0 spiro atoms. The molecule has 0 heterocycles. The maximum absolute atomic E-state index is 13.9. The van der Waals surface area contributed by atoms with Crippen molar-refractivity contribution in [2.24, 2.45) is 0 Å². The quantitative estimate of drug-likeness (QED) is 0.428. The Morgan fingerprint density at radius 2 is 1.37 bits per heavy atom. The fourth-order valence-corrected chi connectivity index (χ4v) is 2.05. The van der Waals surface area contributed by atoms with E-state index in [9.17, 15) is 22.7 Å². The molecule has 2 aromatic rings. The summed E-state index contributed by atoms with van der Waals surface area (Å²) in [7, 11) is 0. The van der Waals surface area contributed by atoms with E-state index < -0.39 is 34.1 Å². The van der Waals surface area contributed by atoms with Crippen molar-refractivity contribution in [2.75, 3.05) is 0 Å². The molecule has 0 aliphatic heterocycles. The van der Waals surface area contributed by atoms with Gasteiger partial charge in [-0.1, -0.05) is 20.8 Å². The Morgan fingerprint density at radius 1 is 0.842 bits per heavy atom. The fraction of sp³-hybridized carbons (Fsp3) is 0.286. The minimum absolute atomic E-state index is 0.206. The number of rotatable bonds is 0. The van der Waals surface area contributed by atoms with Crippen LogP contribution in [0.15, 0.2) is 12.1 Å². The van der Waals surface area contributed by atoms with Crippen molar-refractivity contribution < 1.29 is 22.7 Å². The maximum atomic E-state index is 13.9. The highest BCUT2D eigenvalue weighted by molar-refractivity contribution is 5.89. The van der Waals surface area contributed by atoms with Crippen molar-refractivity contribution in [1.82, 2.24) is 0 Å². The summed E-state index contributed by atoms with van der Waals surface area (Å²) in [4.78, 5) is 0. The molecule has 0 saturated carbocycles. The van der Waals surface area contributed by atoms with Crippen molar-refractivity contribution >= 4 is 10.8 Å². The summed E-state index contributed by atoms with van der Waals surface area (Å²) in [6, 6.07) is 2.10. The zero-order chi connectivity index (χ0) is 14.5. The molecule has 0 saturated heterocycles. The lowest BCUT2D eigenvalue weighted by molar-refractivity contribution is 0.416. The van der Waals surface area contributed by atoms with Gasteiger partial charge in [-0.2, -0.15) is 0 Å². The lowest BCUT2D eigenvalue weighted by Gasteiger charge is -2.22. The van der Waals surface area contributed by atoms with Gasteiger partial charge in [0.1, 0.15) is 5.75 Å². The molecule has 0 amide bonds. The zero-order valence-electron chi connectivity index (χ0n) is 10.6. The average molecular weight is 272 g/mol. The monoisotopic (exact) mass is 272 g/mol. The van der Waals surface area contributed by atoms with Gasteiger partial charge in [0.2, 0.25) is 0 Å². The molecule has 0 atom stereocenters. The van der Waals surface area contributed by atoms with Crippen molar-refractivity contribution in [3.05, 3.63) is 41.0 Å². The van der Waals surface area contributed by atoms with E-state index in [-0.39, 0.29) is 16.7 Å². The Hall–Kier alpha value is -1.78. The summed E-state index contributed by atoms with van der Waals surface area (Å²) in [5.41, 5.74) is -0.466. The highest BCUT2D eigenvalue weighted by Gasteiger charge is 2.27. The van der Waals surface area contributed by atoms with Crippen LogP contribution in [0.1, 0.15) is 26.3 Å². The molecule has 2 aromatic carbocycles. The van der Waals surface area contributed by atoms with Crippen LogP contribution in [0.3, 0.4) is 0 Å². The number of aromatic hydroxyl groups is 1. The summed E-state index contributed by atoms with van der Waals surface area (Å²) >= 11 is 0. The molecule has 0 unspecified atom stereocenters. The number of halogens is 4. The molecule has 1 nitrogen and oxygen atoms in total. The molecule has 0 fully saturated rings. The van der Waals surface area contributed by atoms with E-state index in [1.54, 1.807) is 20.8 Å². The van der Waals surface area contributed by atoms with E-state index in [1.807, 2.05) is 0 Å². The van der Waals surface area contributed by atoms with Gasteiger partial charge in [0.25, 0.3) is 0 Å². The Morgan fingerprint density at radius 3 is 1.89 bits per heavy atom. The maximum Gasteiger partial charge on any atom is 0.198 e. The Kier molecular flexibility index (Phi) is 2.96. The van der Waals surface area contributed by atoms with Crippen LogP contribution in [0.4, 0.5) is 17.6 Å². The number of phenols is 1. The Bertz CT molecular complexity index is 672. The third kappa shape index (κ3) is 2.03. The van der Waals surface area contributed by atoms with Crippen LogP contribution in [0.2, 0.25) is 0 Å². The second-order valence-corrected chi connectivity index (χ2v) is 5.42. The second-order valence-electron chi connectivity index (χ2n) is 5.42. The van der Waals surface area contributed by atoms with Crippen LogP contribution in [0.25, 0.3) is 10.8 Å². The summed E-state index contributed by atoms with van der Waals surface area (Å²) in [6.07, 6.45) is 0. The highest BCUT2D eigenvalue weighted by atomic mass is 19.2. The van der Waals surface area contributed by atoms with Crippen LogP contribution in [-0.4, -0.2) is 5.11 Å². The summed E-state index contributed by atoms with van der Waals surface area (Å²) < 4.78 is 54.1. The van der Waals surface area contributed by atoms with Gasteiger partial charge in [-0.15, -0.1) is 0 Å². The smallest absolute Gasteiger partial charge is 0.198 e. The number of hydrogen-bond donors (Lipinski definition) is 1. The molecule has 0 bridgehead atoms. The van der Waals surface area contributed by atoms with E-state index in [2.05, 4.69) is 0 Å². The summed E-state index contributed by atoms with van der Waals surface area (Å²) in [5, 5.41) is 8.73. The summed E-state index contributed by atoms with van der Waals surface area (Å²) in [5.74, 6) is -7.01. The first kappa shape index (κ1) is 13.6. The molecule has 0 aliphatic carbocycles. The number of fused-ring (bicyclic) bond motifs is 1. The lowest BCUT2D eigenvalue weighted by atomic mass is 9.83. The molecule has 1 N–H and O–H groups in total. The van der Waals surface area contributed by atoms with Gasteiger partial charge in [0.05, 0.1) is 0 Å². The Labute approximate surface area is 107 Å². The van der Waals surface area contributed by atoms with Crippen molar-refractivity contribution in [3.63, 3.8) is 0 Å². The van der Waals surface area contributed by atoms with Crippen LogP contribution in [-0.2, 0) is 5.41 Å². The van der Waals surface area contributed by atoms with E-state index in [4.69, 9.17) is 0 Å². The minimum atomic E-state index is -1.88. The van der Waals surface area contributed by atoms with Crippen molar-refractivity contribution in [2.45, 2.75) is 26.2 Å². The SMILES string of the molecule is CC(C)(C)c1cc(O)cc2c(F)c(F)c(F)c(F)c12. The molecule has 5 heteroatoms. The van der Waals surface area contributed by atoms with Gasteiger partial charge in [-0.25, -0.2) is 17.6 Å². The summed E-state index contributed by atoms with van der Waals surface area (Å²) in [6.45, 7) is 5.08. The first-order chi connectivity index (χ1) is 8.64. The predicted molar refractivity (Wildman–Crippen MR) is 64.1 cm³/mol. The highest BCUT2D eigenvalue weighted by Crippen LogP contribution is 2.37. The van der Waals surface area contributed by atoms with E-state index in [0.717, 1.165) is 6.07 Å². The number of benzene rings is 2. The Balaban J connectivity index is 3.08. The first-order valence-electron chi connectivity index (χ1n) is 5.63. The van der Waals surface area contributed by atoms with Gasteiger partial charge >= 0.3 is 0 Å². The van der Waals surface area contributed by atoms with E-state index in [1.165, 1.54) is 6.07 Å². The van der Waals surface area contributed by atoms with Gasteiger partial charge < -0.3 is 5.11 Å². The number of hydrogen-bond acceptors (Lipinski definition) is 1. The minimum Gasteiger partial charge on any atom is -0.508 e. The first-order valence-corrected chi connectivity index (χ1v) is 5.63. The molecule has 19 heavy (non-hydrogen) atoms. The zero-order valence-corrected chi connectivity index (χ0v) is 10.6. The molecule has 0 radical (unpaired) electrons. The van der Waals surface area contributed by atoms with Gasteiger partial charge in [-0.3, -0.25) is 0 Å². The third-order valence-electron chi connectivity index (χ3n) is 2.97. The standard InChI is InChI=1S/C14H12F4O/c1-14(2,3)8-5-6(19)4-7-9(8)11(16)13(18)12(17)10(7)15/h4-5,19H,1-3H3. The van der Waals surface area contributed by atoms with Gasteiger partial charge in [0.15, 0.2) is 23.3 Å². The number of phenolic OH excluding ortho intramolecular Hbond substituents is 1. The second kappa shape index (κ2) is 4.11. The molecule has 0 aromatic heterocycles. The largest absolute Gasteiger partial charge is 0.508 e. The van der Waals surface area contributed by atoms with E-state index in [0.29, 0.717) is 0 Å². The van der Waals surface area contributed by atoms with Crippen LogP contribution in [0, 0.1) is 23.3 Å². The van der Waals surface area contributed by atoms with Crippen LogP contribution >= 0.6 is 0 Å². The van der Waals surface area contributed by atoms with Gasteiger partial charge in [0, 0.05) is 10.8 Å². The van der Waals surface area contributed by atoms with Crippen LogP contribution < -0.4 is 0 Å². The predicted octanol–water partition coefficient (Wildman–Crippen LogP) is 4.40. The van der Waals surface area contributed by atoms with Crippen LogP contribution in [0.5, 0.6) is 5.75 Å². The fourth-order valence-electron chi connectivity index (χ4n) is 2.05. The van der Waals surface area contributed by atoms with Gasteiger partial charge in [-0.05, 0) is 23.1 Å². The molecular formula is C14H12F4O. The van der Waals surface area contributed by atoms with Crippen molar-refractivity contribution in [3.8, 4) is 5.75 Å². The molecule has 2 rings (SSSR count). The third-order valence-corrected chi connectivity index (χ3v) is 2.97. The van der Waals surface area contributed by atoms with E-state index >= 15 is 0 Å².